The second kappa shape index (κ2) is 4.09. The summed E-state index contributed by atoms with van der Waals surface area (Å²) < 4.78 is 38.7. The molecule has 0 aliphatic carbocycles. The highest BCUT2D eigenvalue weighted by molar-refractivity contribution is 5.64. The topological polar surface area (TPSA) is 38.1 Å². The van der Waals surface area contributed by atoms with E-state index in [0.29, 0.717) is 5.69 Å². The fourth-order valence-electron chi connectivity index (χ4n) is 1.69. The summed E-state index contributed by atoms with van der Waals surface area (Å²) in [6.07, 6.45) is -2.79. The van der Waals surface area contributed by atoms with Crippen LogP contribution in [0.25, 0.3) is 0 Å². The fraction of sp³-hybridized carbons (Fsp3) is 0.545. The summed E-state index contributed by atoms with van der Waals surface area (Å²) in [7, 11) is 0. The summed E-state index contributed by atoms with van der Waals surface area (Å²) in [5.41, 5.74) is -0.243. The molecule has 2 heterocycles. The molecule has 3 nitrogen and oxygen atoms in total. The first-order valence-corrected chi connectivity index (χ1v) is 5.34. The van der Waals surface area contributed by atoms with Gasteiger partial charge in [0.2, 0.25) is 0 Å². The van der Waals surface area contributed by atoms with Gasteiger partial charge in [-0.05, 0) is 0 Å². The molecule has 0 fully saturated rings. The first-order chi connectivity index (χ1) is 7.89. The SMILES string of the molecule is CC(C)c1nc2c(c(C(F)(F)F)n1)CC=NC2. The summed E-state index contributed by atoms with van der Waals surface area (Å²) in [6, 6.07) is 0. The van der Waals surface area contributed by atoms with Gasteiger partial charge in [0, 0.05) is 24.1 Å². The van der Waals surface area contributed by atoms with E-state index in [4.69, 9.17) is 0 Å². The highest BCUT2D eigenvalue weighted by Gasteiger charge is 2.37. The van der Waals surface area contributed by atoms with Crippen LogP contribution in [0.4, 0.5) is 13.2 Å². The van der Waals surface area contributed by atoms with Crippen molar-refractivity contribution in [3.05, 3.63) is 22.8 Å². The molecule has 1 aromatic heterocycles. The van der Waals surface area contributed by atoms with Crippen molar-refractivity contribution in [3.8, 4) is 0 Å². The van der Waals surface area contributed by atoms with Gasteiger partial charge in [-0.3, -0.25) is 4.99 Å². The van der Waals surface area contributed by atoms with Crippen LogP contribution in [-0.2, 0) is 19.1 Å². The van der Waals surface area contributed by atoms with Crippen LogP contribution in [0.1, 0.15) is 42.5 Å². The fourth-order valence-corrected chi connectivity index (χ4v) is 1.69. The maximum Gasteiger partial charge on any atom is 0.433 e. The molecule has 0 spiro atoms. The minimum Gasteiger partial charge on any atom is -0.291 e. The summed E-state index contributed by atoms with van der Waals surface area (Å²) in [4.78, 5) is 11.8. The molecular formula is C11H12F3N3. The first kappa shape index (κ1) is 12.0. The lowest BCUT2D eigenvalue weighted by atomic mass is 10.0. The third-order valence-electron chi connectivity index (χ3n) is 2.56. The van der Waals surface area contributed by atoms with E-state index in [0.717, 1.165) is 0 Å². The monoisotopic (exact) mass is 243 g/mol. The highest BCUT2D eigenvalue weighted by Crippen LogP contribution is 2.33. The second-order valence-corrected chi connectivity index (χ2v) is 4.24. The van der Waals surface area contributed by atoms with Crippen LogP contribution < -0.4 is 0 Å². The van der Waals surface area contributed by atoms with Crippen molar-refractivity contribution < 1.29 is 13.2 Å². The molecule has 1 aliphatic rings. The molecule has 0 unspecified atom stereocenters. The van der Waals surface area contributed by atoms with Crippen molar-refractivity contribution in [2.45, 2.75) is 38.9 Å². The lowest BCUT2D eigenvalue weighted by Crippen LogP contribution is -2.20. The maximum atomic E-state index is 12.9. The number of aliphatic imine (C=N–C) groups is 1. The maximum absolute atomic E-state index is 12.9. The average molecular weight is 243 g/mol. The Balaban J connectivity index is 2.61. The number of fused-ring (bicyclic) bond motifs is 1. The zero-order valence-electron chi connectivity index (χ0n) is 9.54. The molecule has 0 N–H and O–H groups in total. The van der Waals surface area contributed by atoms with E-state index >= 15 is 0 Å². The van der Waals surface area contributed by atoms with Gasteiger partial charge in [0.25, 0.3) is 0 Å². The van der Waals surface area contributed by atoms with Crippen molar-refractivity contribution in [3.63, 3.8) is 0 Å². The number of alkyl halides is 3. The van der Waals surface area contributed by atoms with Crippen molar-refractivity contribution in [1.29, 1.82) is 0 Å². The van der Waals surface area contributed by atoms with Crippen LogP contribution in [0.3, 0.4) is 0 Å². The van der Waals surface area contributed by atoms with E-state index in [1.165, 1.54) is 6.21 Å². The summed E-state index contributed by atoms with van der Waals surface area (Å²) >= 11 is 0. The number of nitrogens with zero attached hydrogens (tertiary/aromatic N) is 3. The van der Waals surface area contributed by atoms with E-state index in [1.54, 1.807) is 13.8 Å². The second-order valence-electron chi connectivity index (χ2n) is 4.24. The van der Waals surface area contributed by atoms with Crippen LogP contribution >= 0.6 is 0 Å². The molecule has 1 aromatic rings. The Morgan fingerprint density at radius 2 is 1.94 bits per heavy atom. The minimum absolute atomic E-state index is 0.132. The van der Waals surface area contributed by atoms with Crippen LogP contribution in [0.15, 0.2) is 4.99 Å². The zero-order chi connectivity index (χ0) is 12.6. The Labute approximate surface area is 96.8 Å². The van der Waals surface area contributed by atoms with E-state index in [2.05, 4.69) is 15.0 Å². The van der Waals surface area contributed by atoms with Crippen molar-refractivity contribution in [1.82, 2.24) is 9.97 Å². The molecule has 0 bridgehead atoms. The Morgan fingerprint density at radius 3 is 2.53 bits per heavy atom. The van der Waals surface area contributed by atoms with Gasteiger partial charge in [0.15, 0.2) is 5.69 Å². The van der Waals surface area contributed by atoms with Gasteiger partial charge in [-0.15, -0.1) is 0 Å². The predicted octanol–water partition coefficient (Wildman–Crippen LogP) is 2.75. The average Bonchev–Trinajstić information content (AvgIpc) is 2.26. The summed E-state index contributed by atoms with van der Waals surface area (Å²) in [5, 5.41) is 0. The number of hydrogen-bond donors (Lipinski definition) is 0. The van der Waals surface area contributed by atoms with Crippen molar-refractivity contribution >= 4 is 6.21 Å². The van der Waals surface area contributed by atoms with Gasteiger partial charge in [0.1, 0.15) is 5.82 Å². The Kier molecular flexibility index (Phi) is 2.89. The molecule has 0 saturated heterocycles. The molecular weight excluding hydrogens is 231 g/mol. The standard InChI is InChI=1S/C11H12F3N3/c1-6(2)10-16-8-5-15-4-3-7(8)9(17-10)11(12,13)14/h4,6H,3,5H2,1-2H3. The Hall–Kier alpha value is -1.46. The number of aromatic nitrogens is 2. The highest BCUT2D eigenvalue weighted by atomic mass is 19.4. The van der Waals surface area contributed by atoms with Crippen LogP contribution in [0, 0.1) is 0 Å². The van der Waals surface area contributed by atoms with Crippen molar-refractivity contribution in [2.75, 3.05) is 0 Å². The Bertz CT molecular complexity index is 464. The number of halogens is 3. The van der Waals surface area contributed by atoms with E-state index in [1.807, 2.05) is 0 Å². The predicted molar refractivity (Wildman–Crippen MR) is 57.0 cm³/mol. The van der Waals surface area contributed by atoms with Gasteiger partial charge >= 0.3 is 6.18 Å². The quantitative estimate of drug-likeness (QED) is 0.760. The lowest BCUT2D eigenvalue weighted by Gasteiger charge is -2.18. The van der Waals surface area contributed by atoms with Gasteiger partial charge in [0.05, 0.1) is 12.2 Å². The third kappa shape index (κ3) is 2.30. The molecule has 0 saturated carbocycles. The van der Waals surface area contributed by atoms with E-state index in [9.17, 15) is 13.2 Å². The molecule has 0 atom stereocenters. The smallest absolute Gasteiger partial charge is 0.291 e. The number of rotatable bonds is 1. The van der Waals surface area contributed by atoms with Gasteiger partial charge in [-0.2, -0.15) is 13.2 Å². The van der Waals surface area contributed by atoms with E-state index < -0.39 is 11.9 Å². The zero-order valence-corrected chi connectivity index (χ0v) is 9.54. The van der Waals surface area contributed by atoms with Crippen LogP contribution in [0.5, 0.6) is 0 Å². The largest absolute Gasteiger partial charge is 0.433 e. The molecule has 0 radical (unpaired) electrons. The van der Waals surface area contributed by atoms with Crippen molar-refractivity contribution in [2.24, 2.45) is 4.99 Å². The van der Waals surface area contributed by atoms with E-state index in [-0.39, 0.29) is 30.3 Å². The van der Waals surface area contributed by atoms with Crippen LogP contribution in [-0.4, -0.2) is 16.2 Å². The molecule has 0 amide bonds. The lowest BCUT2D eigenvalue weighted by molar-refractivity contribution is -0.142. The molecule has 0 aromatic carbocycles. The summed E-state index contributed by atoms with van der Waals surface area (Å²) in [6.45, 7) is 3.75. The van der Waals surface area contributed by atoms with Gasteiger partial charge in [-0.25, -0.2) is 9.97 Å². The Morgan fingerprint density at radius 1 is 1.24 bits per heavy atom. The van der Waals surface area contributed by atoms with Gasteiger partial charge < -0.3 is 0 Å². The molecule has 92 valence electrons. The first-order valence-electron chi connectivity index (χ1n) is 5.34. The molecule has 2 rings (SSSR count). The molecule has 6 heteroatoms. The normalized spacial score (nSPS) is 15.2. The molecule has 17 heavy (non-hydrogen) atoms. The van der Waals surface area contributed by atoms with Gasteiger partial charge in [-0.1, -0.05) is 13.8 Å². The van der Waals surface area contributed by atoms with Crippen LogP contribution in [0.2, 0.25) is 0 Å². The minimum atomic E-state index is -4.43. The molecule has 1 aliphatic heterocycles. The number of hydrogen-bond acceptors (Lipinski definition) is 3. The third-order valence-corrected chi connectivity index (χ3v) is 2.56. The summed E-state index contributed by atoms with van der Waals surface area (Å²) in [5.74, 6) is 0.0977.